The van der Waals surface area contributed by atoms with Crippen LogP contribution in [0.25, 0.3) is 11.6 Å². The van der Waals surface area contributed by atoms with Gasteiger partial charge in [0.2, 0.25) is 11.7 Å². The van der Waals surface area contributed by atoms with E-state index in [4.69, 9.17) is 13.7 Å². The third-order valence-corrected chi connectivity index (χ3v) is 3.17. The van der Waals surface area contributed by atoms with Gasteiger partial charge in [0, 0.05) is 13.1 Å². The molecule has 20 heavy (non-hydrogen) atoms. The molecule has 0 aromatic carbocycles. The van der Waals surface area contributed by atoms with Gasteiger partial charge in [-0.15, -0.1) is 0 Å². The van der Waals surface area contributed by atoms with Gasteiger partial charge in [0.05, 0.1) is 31.6 Å². The van der Waals surface area contributed by atoms with E-state index in [1.807, 2.05) is 6.92 Å². The van der Waals surface area contributed by atoms with Crippen LogP contribution in [0.5, 0.6) is 0 Å². The molecule has 0 amide bonds. The van der Waals surface area contributed by atoms with E-state index >= 15 is 0 Å². The van der Waals surface area contributed by atoms with Crippen molar-refractivity contribution in [3.63, 3.8) is 0 Å². The zero-order valence-corrected chi connectivity index (χ0v) is 11.2. The molecule has 0 aliphatic carbocycles. The minimum atomic E-state index is -0.161. The fourth-order valence-electron chi connectivity index (χ4n) is 2.39. The number of aromatic nitrogens is 2. The highest BCUT2D eigenvalue weighted by molar-refractivity contribution is 5.44. The molecule has 3 rings (SSSR count). The number of hydrogen-bond acceptors (Lipinski definition) is 7. The SMILES string of the molecule is CC1CN(Cc2nc(-c3ccco3)no2)CC(CO)O1. The lowest BCUT2D eigenvalue weighted by molar-refractivity contribution is -0.0988. The van der Waals surface area contributed by atoms with Crippen LogP contribution in [-0.4, -0.2) is 52.1 Å². The lowest BCUT2D eigenvalue weighted by Gasteiger charge is -2.35. The van der Waals surface area contributed by atoms with Gasteiger partial charge in [-0.3, -0.25) is 4.90 Å². The highest BCUT2D eigenvalue weighted by Gasteiger charge is 2.26. The van der Waals surface area contributed by atoms with Crippen molar-refractivity contribution in [2.75, 3.05) is 19.7 Å². The summed E-state index contributed by atoms with van der Waals surface area (Å²) in [6.45, 7) is 3.96. The summed E-state index contributed by atoms with van der Waals surface area (Å²) in [6, 6.07) is 3.56. The molecular formula is C13H17N3O4. The van der Waals surface area contributed by atoms with E-state index in [0.717, 1.165) is 6.54 Å². The van der Waals surface area contributed by atoms with Gasteiger partial charge in [-0.1, -0.05) is 5.16 Å². The Morgan fingerprint density at radius 2 is 2.35 bits per heavy atom. The summed E-state index contributed by atoms with van der Waals surface area (Å²) in [4.78, 5) is 6.44. The maximum absolute atomic E-state index is 9.21. The van der Waals surface area contributed by atoms with E-state index in [-0.39, 0.29) is 18.8 Å². The van der Waals surface area contributed by atoms with E-state index in [2.05, 4.69) is 15.0 Å². The second-order valence-corrected chi connectivity index (χ2v) is 4.93. The molecular weight excluding hydrogens is 262 g/mol. The summed E-state index contributed by atoms with van der Waals surface area (Å²) < 4.78 is 16.0. The first-order valence-electron chi connectivity index (χ1n) is 6.59. The van der Waals surface area contributed by atoms with Crippen LogP contribution in [0.15, 0.2) is 27.3 Å². The van der Waals surface area contributed by atoms with Gasteiger partial charge < -0.3 is 18.8 Å². The number of aliphatic hydroxyl groups is 1. The summed E-state index contributed by atoms with van der Waals surface area (Å²) in [5.41, 5.74) is 0. The van der Waals surface area contributed by atoms with Crippen molar-refractivity contribution in [2.45, 2.75) is 25.7 Å². The van der Waals surface area contributed by atoms with E-state index in [1.54, 1.807) is 18.4 Å². The highest BCUT2D eigenvalue weighted by Crippen LogP contribution is 2.18. The third-order valence-electron chi connectivity index (χ3n) is 3.17. The zero-order chi connectivity index (χ0) is 13.9. The Morgan fingerprint density at radius 1 is 1.45 bits per heavy atom. The average molecular weight is 279 g/mol. The Kier molecular flexibility index (Phi) is 3.81. The second kappa shape index (κ2) is 5.74. The number of furan rings is 1. The normalized spacial score (nSPS) is 24.1. The summed E-state index contributed by atoms with van der Waals surface area (Å²) in [7, 11) is 0. The molecule has 0 radical (unpaired) electrons. The Balaban J connectivity index is 1.66. The largest absolute Gasteiger partial charge is 0.461 e. The molecule has 2 aromatic heterocycles. The summed E-state index contributed by atoms with van der Waals surface area (Å²) >= 11 is 0. The standard InChI is InChI=1S/C13H17N3O4/c1-9-5-16(6-10(8-17)19-9)7-12-14-13(15-20-12)11-3-2-4-18-11/h2-4,9-10,17H,5-8H2,1H3. The van der Waals surface area contributed by atoms with Crippen LogP contribution >= 0.6 is 0 Å². The van der Waals surface area contributed by atoms with E-state index in [1.165, 1.54) is 0 Å². The molecule has 2 unspecified atom stereocenters. The Labute approximate surface area is 116 Å². The Bertz CT molecular complexity index is 540. The second-order valence-electron chi connectivity index (χ2n) is 4.93. The van der Waals surface area contributed by atoms with Crippen molar-refractivity contribution in [3.05, 3.63) is 24.3 Å². The molecule has 0 bridgehead atoms. The minimum absolute atomic E-state index is 0.0162. The van der Waals surface area contributed by atoms with Crippen molar-refractivity contribution in [2.24, 2.45) is 0 Å². The highest BCUT2D eigenvalue weighted by atomic mass is 16.5. The van der Waals surface area contributed by atoms with Crippen molar-refractivity contribution < 1.29 is 18.8 Å². The molecule has 1 fully saturated rings. The maximum Gasteiger partial charge on any atom is 0.241 e. The smallest absolute Gasteiger partial charge is 0.241 e. The molecule has 0 saturated carbocycles. The number of ether oxygens (including phenoxy) is 1. The zero-order valence-electron chi connectivity index (χ0n) is 11.2. The molecule has 1 saturated heterocycles. The predicted molar refractivity (Wildman–Crippen MR) is 68.7 cm³/mol. The van der Waals surface area contributed by atoms with Gasteiger partial charge >= 0.3 is 0 Å². The quantitative estimate of drug-likeness (QED) is 0.890. The van der Waals surface area contributed by atoms with Gasteiger partial charge in [-0.2, -0.15) is 4.98 Å². The number of aliphatic hydroxyl groups excluding tert-OH is 1. The Hall–Kier alpha value is -1.70. The predicted octanol–water partition coefficient (Wildman–Crippen LogP) is 0.911. The molecule has 1 N–H and O–H groups in total. The summed E-state index contributed by atoms with van der Waals surface area (Å²) in [6.07, 6.45) is 1.49. The van der Waals surface area contributed by atoms with Crippen LogP contribution in [-0.2, 0) is 11.3 Å². The minimum Gasteiger partial charge on any atom is -0.461 e. The van der Waals surface area contributed by atoms with Crippen molar-refractivity contribution >= 4 is 0 Å². The van der Waals surface area contributed by atoms with Crippen LogP contribution in [0.2, 0.25) is 0 Å². The van der Waals surface area contributed by atoms with Gasteiger partial charge in [0.15, 0.2) is 5.76 Å². The van der Waals surface area contributed by atoms with Crippen molar-refractivity contribution in [1.82, 2.24) is 15.0 Å². The summed E-state index contributed by atoms with van der Waals surface area (Å²) in [5, 5.41) is 13.1. The first-order valence-corrected chi connectivity index (χ1v) is 6.59. The van der Waals surface area contributed by atoms with Crippen LogP contribution in [0.3, 0.4) is 0 Å². The van der Waals surface area contributed by atoms with Gasteiger partial charge in [0.25, 0.3) is 0 Å². The lowest BCUT2D eigenvalue weighted by Crippen LogP contribution is -2.47. The molecule has 2 aromatic rings. The number of morpholine rings is 1. The number of hydrogen-bond donors (Lipinski definition) is 1. The topological polar surface area (TPSA) is 84.8 Å². The van der Waals surface area contributed by atoms with E-state index in [9.17, 15) is 5.11 Å². The Morgan fingerprint density at radius 3 is 3.10 bits per heavy atom. The average Bonchev–Trinajstić information content (AvgIpc) is 3.08. The van der Waals surface area contributed by atoms with Crippen LogP contribution < -0.4 is 0 Å². The third kappa shape index (κ3) is 2.90. The van der Waals surface area contributed by atoms with Gasteiger partial charge in [-0.25, -0.2) is 0 Å². The van der Waals surface area contributed by atoms with Gasteiger partial charge in [-0.05, 0) is 19.1 Å². The fourth-order valence-corrected chi connectivity index (χ4v) is 2.39. The monoisotopic (exact) mass is 279 g/mol. The summed E-state index contributed by atoms with van der Waals surface area (Å²) in [5.74, 6) is 1.57. The molecule has 3 heterocycles. The van der Waals surface area contributed by atoms with Crippen LogP contribution in [0.4, 0.5) is 0 Å². The maximum atomic E-state index is 9.21. The first-order chi connectivity index (χ1) is 9.74. The van der Waals surface area contributed by atoms with Gasteiger partial charge in [0.1, 0.15) is 0 Å². The molecule has 2 atom stereocenters. The van der Waals surface area contributed by atoms with Crippen molar-refractivity contribution in [3.8, 4) is 11.6 Å². The van der Waals surface area contributed by atoms with Crippen LogP contribution in [0.1, 0.15) is 12.8 Å². The number of nitrogens with zero attached hydrogens (tertiary/aromatic N) is 3. The molecule has 7 nitrogen and oxygen atoms in total. The molecule has 1 aliphatic rings. The van der Waals surface area contributed by atoms with E-state index in [0.29, 0.717) is 30.6 Å². The molecule has 7 heteroatoms. The molecule has 108 valence electrons. The first kappa shape index (κ1) is 13.3. The van der Waals surface area contributed by atoms with Crippen molar-refractivity contribution in [1.29, 1.82) is 0 Å². The van der Waals surface area contributed by atoms with Crippen LogP contribution in [0, 0.1) is 0 Å². The lowest BCUT2D eigenvalue weighted by atomic mass is 10.2. The number of rotatable bonds is 4. The fraction of sp³-hybridized carbons (Fsp3) is 0.538. The van der Waals surface area contributed by atoms with E-state index < -0.39 is 0 Å². The molecule has 1 aliphatic heterocycles. The molecule has 0 spiro atoms.